The van der Waals surface area contributed by atoms with Gasteiger partial charge in [-0.1, -0.05) is 79.2 Å². The van der Waals surface area contributed by atoms with Crippen molar-refractivity contribution in [2.45, 2.75) is 49.9 Å². The van der Waals surface area contributed by atoms with Crippen LogP contribution in [0.1, 0.15) is 55.2 Å². The van der Waals surface area contributed by atoms with Gasteiger partial charge in [0.2, 0.25) is 0 Å². The van der Waals surface area contributed by atoms with Crippen molar-refractivity contribution >= 4 is 5.69 Å². The minimum atomic E-state index is -1.10. The fraction of sp³-hybridized carbons (Fsp3) is 0.400. The largest absolute Gasteiger partial charge is 0.380 e. The zero-order valence-electron chi connectivity index (χ0n) is 20.5. The molecule has 1 aliphatic rings. The first-order valence-corrected chi connectivity index (χ1v) is 12.5. The van der Waals surface area contributed by atoms with Crippen LogP contribution in [0.5, 0.6) is 0 Å². The minimum absolute atomic E-state index is 0.535. The number of hydrogen-bond acceptors (Lipinski definition) is 4. The van der Waals surface area contributed by atoms with Gasteiger partial charge in [-0.3, -0.25) is 4.90 Å². The molecule has 0 spiro atoms. The van der Waals surface area contributed by atoms with Crippen LogP contribution < -0.4 is 4.90 Å². The lowest BCUT2D eigenvalue weighted by atomic mass is 9.81. The lowest BCUT2D eigenvalue weighted by Crippen LogP contribution is -2.49. The third-order valence-electron chi connectivity index (χ3n) is 7.29. The molecule has 3 aromatic carbocycles. The summed E-state index contributed by atoms with van der Waals surface area (Å²) in [5, 5.41) is 24.0. The second-order valence-corrected chi connectivity index (χ2v) is 9.75. The van der Waals surface area contributed by atoms with E-state index in [1.54, 1.807) is 0 Å². The minimum Gasteiger partial charge on any atom is -0.380 e. The van der Waals surface area contributed by atoms with Crippen LogP contribution in [0, 0.1) is 0 Å². The SMILES string of the molecule is CN(C)c1ccc(C(O)(CCCC(O)(c2ccccc2)c2ccccc2)N2CCCCC2)cc1. The summed E-state index contributed by atoms with van der Waals surface area (Å²) in [5.74, 6) is 0. The van der Waals surface area contributed by atoms with Gasteiger partial charge in [-0.05, 0) is 60.9 Å². The van der Waals surface area contributed by atoms with Crippen molar-refractivity contribution in [3.8, 4) is 0 Å². The molecule has 0 aromatic heterocycles. The molecule has 0 saturated carbocycles. The second-order valence-electron chi connectivity index (χ2n) is 9.75. The third-order valence-corrected chi connectivity index (χ3v) is 7.29. The number of aliphatic hydroxyl groups is 2. The van der Waals surface area contributed by atoms with E-state index in [4.69, 9.17) is 0 Å². The average molecular weight is 459 g/mol. The molecule has 180 valence electrons. The smallest absolute Gasteiger partial charge is 0.144 e. The molecule has 4 heteroatoms. The van der Waals surface area contributed by atoms with Crippen molar-refractivity contribution in [2.24, 2.45) is 0 Å². The van der Waals surface area contributed by atoms with E-state index in [9.17, 15) is 10.2 Å². The molecule has 1 fully saturated rings. The first kappa shape index (κ1) is 24.5. The molecule has 0 bridgehead atoms. The normalized spacial score (nSPS) is 16.7. The van der Waals surface area contributed by atoms with Gasteiger partial charge in [0.15, 0.2) is 0 Å². The summed E-state index contributed by atoms with van der Waals surface area (Å²) >= 11 is 0. The Kier molecular flexibility index (Phi) is 7.72. The number of rotatable bonds is 9. The molecule has 2 N–H and O–H groups in total. The van der Waals surface area contributed by atoms with Gasteiger partial charge < -0.3 is 15.1 Å². The fourth-order valence-electron chi connectivity index (χ4n) is 5.25. The number of nitrogens with zero attached hydrogens (tertiary/aromatic N) is 2. The van der Waals surface area contributed by atoms with Crippen molar-refractivity contribution < 1.29 is 10.2 Å². The predicted octanol–water partition coefficient (Wildman–Crippen LogP) is 5.49. The molecule has 1 saturated heterocycles. The average Bonchev–Trinajstić information content (AvgIpc) is 2.90. The fourth-order valence-corrected chi connectivity index (χ4v) is 5.25. The van der Waals surface area contributed by atoms with Gasteiger partial charge in [-0.25, -0.2) is 0 Å². The van der Waals surface area contributed by atoms with Crippen LogP contribution in [0.3, 0.4) is 0 Å². The molecular weight excluding hydrogens is 420 g/mol. The highest BCUT2D eigenvalue weighted by Crippen LogP contribution is 2.39. The van der Waals surface area contributed by atoms with Crippen LogP contribution in [0.15, 0.2) is 84.9 Å². The van der Waals surface area contributed by atoms with Gasteiger partial charge in [0.1, 0.15) is 11.3 Å². The Labute approximate surface area is 204 Å². The maximum Gasteiger partial charge on any atom is 0.144 e. The lowest BCUT2D eigenvalue weighted by molar-refractivity contribution is -0.132. The van der Waals surface area contributed by atoms with Crippen molar-refractivity contribution in [2.75, 3.05) is 32.1 Å². The Bertz CT molecular complexity index is 975. The van der Waals surface area contributed by atoms with E-state index in [0.29, 0.717) is 19.3 Å². The second kappa shape index (κ2) is 10.7. The van der Waals surface area contributed by atoms with Crippen LogP contribution in [0.25, 0.3) is 0 Å². The Hall–Kier alpha value is -2.66. The van der Waals surface area contributed by atoms with E-state index in [2.05, 4.69) is 34.1 Å². The van der Waals surface area contributed by atoms with Gasteiger partial charge in [0.05, 0.1) is 0 Å². The first-order chi connectivity index (χ1) is 16.4. The van der Waals surface area contributed by atoms with Gasteiger partial charge >= 0.3 is 0 Å². The van der Waals surface area contributed by atoms with Crippen LogP contribution in [-0.2, 0) is 11.3 Å². The quantitative estimate of drug-likeness (QED) is 0.445. The molecule has 4 rings (SSSR count). The molecule has 1 atom stereocenters. The van der Waals surface area contributed by atoms with E-state index in [-0.39, 0.29) is 0 Å². The molecule has 0 radical (unpaired) electrons. The number of piperidine rings is 1. The maximum atomic E-state index is 12.1. The number of hydrogen-bond donors (Lipinski definition) is 2. The predicted molar refractivity (Wildman–Crippen MR) is 140 cm³/mol. The zero-order chi connectivity index (χ0) is 24.0. The lowest BCUT2D eigenvalue weighted by Gasteiger charge is -2.43. The summed E-state index contributed by atoms with van der Waals surface area (Å²) in [6.07, 6.45) is 5.21. The first-order valence-electron chi connectivity index (χ1n) is 12.5. The van der Waals surface area contributed by atoms with Crippen LogP contribution in [-0.4, -0.2) is 42.3 Å². The Morgan fingerprint density at radius 1 is 0.676 bits per heavy atom. The third kappa shape index (κ3) is 5.20. The van der Waals surface area contributed by atoms with Gasteiger partial charge in [0.25, 0.3) is 0 Å². The summed E-state index contributed by atoms with van der Waals surface area (Å²) in [7, 11) is 4.06. The topological polar surface area (TPSA) is 46.9 Å². The Balaban J connectivity index is 1.60. The summed E-state index contributed by atoms with van der Waals surface area (Å²) < 4.78 is 0. The Morgan fingerprint density at radius 2 is 1.21 bits per heavy atom. The number of likely N-dealkylation sites (tertiary alicyclic amines) is 1. The summed E-state index contributed by atoms with van der Waals surface area (Å²) in [5.41, 5.74) is 1.69. The number of benzene rings is 3. The van der Waals surface area contributed by atoms with Gasteiger partial charge in [-0.2, -0.15) is 0 Å². The molecule has 1 unspecified atom stereocenters. The maximum absolute atomic E-state index is 12.1. The molecule has 3 aromatic rings. The van der Waals surface area contributed by atoms with Crippen molar-refractivity contribution in [3.63, 3.8) is 0 Å². The summed E-state index contributed by atoms with van der Waals surface area (Å²) in [6, 6.07) is 28.1. The van der Waals surface area contributed by atoms with Crippen molar-refractivity contribution in [1.29, 1.82) is 0 Å². The van der Waals surface area contributed by atoms with Gasteiger partial charge in [-0.15, -0.1) is 0 Å². The zero-order valence-corrected chi connectivity index (χ0v) is 20.5. The molecule has 34 heavy (non-hydrogen) atoms. The highest BCUT2D eigenvalue weighted by molar-refractivity contribution is 5.47. The molecule has 0 amide bonds. The standard InChI is InChI=1S/C30H38N2O2/c1-31(2)28-19-17-27(18-20-28)30(34,32-23-10-5-11-24-32)22-12-21-29(33,25-13-6-3-7-14-25)26-15-8-4-9-16-26/h3-4,6-9,13-20,33-34H,5,10-12,21-24H2,1-2H3. The van der Waals surface area contributed by atoms with Crippen molar-refractivity contribution in [1.82, 2.24) is 4.90 Å². The summed E-state index contributed by atoms with van der Waals surface area (Å²) in [6.45, 7) is 1.79. The molecule has 0 aliphatic carbocycles. The molecule has 1 heterocycles. The van der Waals surface area contributed by atoms with E-state index in [1.165, 1.54) is 6.42 Å². The highest BCUT2D eigenvalue weighted by atomic mass is 16.3. The Morgan fingerprint density at radius 3 is 1.71 bits per heavy atom. The van der Waals surface area contributed by atoms with Crippen LogP contribution in [0.2, 0.25) is 0 Å². The van der Waals surface area contributed by atoms with Crippen molar-refractivity contribution in [3.05, 3.63) is 102 Å². The van der Waals surface area contributed by atoms with Crippen LogP contribution in [0.4, 0.5) is 5.69 Å². The van der Waals surface area contributed by atoms with E-state index >= 15 is 0 Å². The molecular formula is C30H38N2O2. The number of anilines is 1. The monoisotopic (exact) mass is 458 g/mol. The van der Waals surface area contributed by atoms with Crippen LogP contribution >= 0.6 is 0 Å². The molecule has 4 nitrogen and oxygen atoms in total. The van der Waals surface area contributed by atoms with Gasteiger partial charge in [0, 0.05) is 32.9 Å². The van der Waals surface area contributed by atoms with E-state index in [1.807, 2.05) is 74.8 Å². The highest BCUT2D eigenvalue weighted by Gasteiger charge is 2.38. The summed E-state index contributed by atoms with van der Waals surface area (Å²) in [4.78, 5) is 4.31. The van der Waals surface area contributed by atoms with E-state index < -0.39 is 11.3 Å². The van der Waals surface area contributed by atoms with E-state index in [0.717, 1.165) is 48.3 Å². The molecule has 1 aliphatic heterocycles.